The number of sulfone groups is 1. The molecule has 2 aliphatic rings. The van der Waals surface area contributed by atoms with Gasteiger partial charge in [-0.2, -0.15) is 0 Å². The van der Waals surface area contributed by atoms with Crippen LogP contribution in [0.25, 0.3) is 0 Å². The van der Waals surface area contributed by atoms with Crippen LogP contribution in [0.3, 0.4) is 0 Å². The molecule has 29 heavy (non-hydrogen) atoms. The summed E-state index contributed by atoms with van der Waals surface area (Å²) in [7, 11) is -4.03. The Bertz CT molecular complexity index is 1040. The van der Waals surface area contributed by atoms with Crippen LogP contribution in [0.15, 0.2) is 35.5 Å². The van der Waals surface area contributed by atoms with Crippen molar-refractivity contribution in [1.29, 1.82) is 0 Å². The van der Waals surface area contributed by atoms with Gasteiger partial charge < -0.3 is 15.2 Å². The molecule has 1 saturated heterocycles. The maximum absolute atomic E-state index is 12.7. The average Bonchev–Trinajstić information content (AvgIpc) is 2.63. The summed E-state index contributed by atoms with van der Waals surface area (Å²) in [4.78, 5) is 48.2. The largest absolute Gasteiger partial charge is 0.477 e. The van der Waals surface area contributed by atoms with Gasteiger partial charge in [0, 0.05) is 18.1 Å². The number of aliphatic carboxylic acids is 1. The number of carbonyl (C=O) groups excluding carboxylic acids is 3. The molecule has 2 amide bonds. The highest BCUT2D eigenvalue weighted by Gasteiger charge is 2.60. The Balaban J connectivity index is 1.89. The summed E-state index contributed by atoms with van der Waals surface area (Å²) in [6.07, 6.45) is 0. The van der Waals surface area contributed by atoms with Gasteiger partial charge in [-0.3, -0.25) is 19.3 Å². The van der Waals surface area contributed by atoms with Gasteiger partial charge in [0.1, 0.15) is 18.3 Å². The van der Waals surface area contributed by atoms with Crippen molar-refractivity contribution in [2.24, 2.45) is 0 Å². The van der Waals surface area contributed by atoms with E-state index in [-0.39, 0.29) is 11.1 Å². The molecule has 1 aromatic carbocycles. The van der Waals surface area contributed by atoms with Gasteiger partial charge in [-0.05, 0) is 19.1 Å². The summed E-state index contributed by atoms with van der Waals surface area (Å²) in [5.41, 5.74) is 0.399. The maximum atomic E-state index is 12.7. The quantitative estimate of drug-likeness (QED) is 0.481. The second-order valence-electron chi connectivity index (χ2n) is 6.76. The van der Waals surface area contributed by atoms with E-state index in [2.05, 4.69) is 5.32 Å². The molecule has 0 aromatic heterocycles. The van der Waals surface area contributed by atoms with Crippen LogP contribution in [-0.4, -0.2) is 66.0 Å². The van der Waals surface area contributed by atoms with Crippen LogP contribution < -0.4 is 5.32 Å². The number of esters is 1. The van der Waals surface area contributed by atoms with Crippen LogP contribution in [0.4, 0.5) is 0 Å². The summed E-state index contributed by atoms with van der Waals surface area (Å²) in [5.74, 6) is -4.46. The zero-order chi connectivity index (χ0) is 21.5. The van der Waals surface area contributed by atoms with E-state index in [0.717, 1.165) is 12.5 Å². The zero-order valence-corrected chi connectivity index (χ0v) is 16.4. The Morgan fingerprint density at radius 2 is 1.86 bits per heavy atom. The normalized spacial score (nSPS) is 22.4. The maximum Gasteiger partial charge on any atom is 0.352 e. The summed E-state index contributed by atoms with van der Waals surface area (Å²) in [6, 6.07) is 5.03. The highest BCUT2D eigenvalue weighted by molar-refractivity contribution is 7.92. The summed E-state index contributed by atoms with van der Waals surface area (Å²) < 4.78 is 30.1. The van der Waals surface area contributed by atoms with Gasteiger partial charge in [-0.1, -0.05) is 17.7 Å². The standard InChI is InChI=1S/C18H18N2O8S/c1-9-3-5-11(6-4-9)15(22)19-13-16(23)20-14(18(24)25)12(7-28-10(2)21)8-29(26,27)17(13)20/h3-6,13,17H,7-8H2,1-2H3,(H,19,22)(H,24,25)/t13?,17-/m0/s1. The first-order chi connectivity index (χ1) is 13.5. The third-order valence-corrected chi connectivity index (χ3v) is 6.58. The number of carbonyl (C=O) groups is 4. The van der Waals surface area contributed by atoms with Crippen molar-refractivity contribution in [2.45, 2.75) is 25.3 Å². The van der Waals surface area contributed by atoms with Crippen LogP contribution in [-0.2, 0) is 29.0 Å². The molecule has 1 fully saturated rings. The van der Waals surface area contributed by atoms with Crippen molar-refractivity contribution in [1.82, 2.24) is 10.2 Å². The van der Waals surface area contributed by atoms with E-state index in [1.807, 2.05) is 6.92 Å². The van der Waals surface area contributed by atoms with Crippen LogP contribution in [0.1, 0.15) is 22.8 Å². The van der Waals surface area contributed by atoms with Crippen molar-refractivity contribution in [3.63, 3.8) is 0 Å². The fourth-order valence-corrected chi connectivity index (χ4v) is 5.26. The van der Waals surface area contributed by atoms with Crippen LogP contribution in [0.2, 0.25) is 0 Å². The Hall–Kier alpha value is -3.21. The topological polar surface area (TPSA) is 147 Å². The van der Waals surface area contributed by atoms with Crippen molar-refractivity contribution in [3.8, 4) is 0 Å². The minimum Gasteiger partial charge on any atom is -0.477 e. The van der Waals surface area contributed by atoms with Crippen LogP contribution in [0, 0.1) is 6.92 Å². The van der Waals surface area contributed by atoms with E-state index < -0.39 is 63.1 Å². The predicted octanol–water partition coefficient (Wildman–Crippen LogP) is -0.408. The first-order valence-electron chi connectivity index (χ1n) is 8.54. The van der Waals surface area contributed by atoms with Gasteiger partial charge in [0.2, 0.25) is 0 Å². The first kappa shape index (κ1) is 20.5. The van der Waals surface area contributed by atoms with E-state index in [0.29, 0.717) is 4.90 Å². The molecule has 154 valence electrons. The molecule has 2 heterocycles. The van der Waals surface area contributed by atoms with Gasteiger partial charge in [0.15, 0.2) is 15.2 Å². The Morgan fingerprint density at radius 1 is 1.24 bits per heavy atom. The lowest BCUT2D eigenvalue weighted by molar-refractivity contribution is -0.149. The third kappa shape index (κ3) is 3.73. The molecule has 11 heteroatoms. The molecule has 0 spiro atoms. The molecule has 10 nitrogen and oxygen atoms in total. The number of carboxylic acid groups (broad SMARTS) is 1. The fourth-order valence-electron chi connectivity index (χ4n) is 3.25. The number of hydrogen-bond donors (Lipinski definition) is 2. The average molecular weight is 422 g/mol. The number of aryl methyl sites for hydroxylation is 1. The van der Waals surface area contributed by atoms with Gasteiger partial charge in [0.25, 0.3) is 11.8 Å². The van der Waals surface area contributed by atoms with Crippen LogP contribution in [0.5, 0.6) is 0 Å². The lowest BCUT2D eigenvalue weighted by atomic mass is 10.0. The summed E-state index contributed by atoms with van der Waals surface area (Å²) in [6.45, 7) is 2.36. The molecule has 0 aliphatic carbocycles. The lowest BCUT2D eigenvalue weighted by Crippen LogP contribution is -2.74. The van der Waals surface area contributed by atoms with Crippen molar-refractivity contribution < 1.29 is 37.4 Å². The van der Waals surface area contributed by atoms with Crippen LogP contribution >= 0.6 is 0 Å². The highest BCUT2D eigenvalue weighted by atomic mass is 32.2. The molecule has 2 aliphatic heterocycles. The van der Waals surface area contributed by atoms with Crippen molar-refractivity contribution in [2.75, 3.05) is 12.4 Å². The molecule has 2 N–H and O–H groups in total. The number of fused-ring (bicyclic) bond motifs is 1. The second kappa shape index (κ2) is 7.32. The number of β-lactam (4-membered cyclic amide) rings is 1. The minimum atomic E-state index is -4.03. The number of carboxylic acids is 1. The highest BCUT2D eigenvalue weighted by Crippen LogP contribution is 2.37. The molecule has 2 atom stereocenters. The molecule has 0 bridgehead atoms. The monoisotopic (exact) mass is 422 g/mol. The second-order valence-corrected chi connectivity index (χ2v) is 8.86. The van der Waals surface area contributed by atoms with Gasteiger partial charge in [0.05, 0.1) is 5.75 Å². The van der Waals surface area contributed by atoms with Crippen molar-refractivity contribution >= 4 is 33.6 Å². The molecule has 1 unspecified atom stereocenters. The zero-order valence-electron chi connectivity index (χ0n) is 15.5. The Morgan fingerprint density at radius 3 is 2.41 bits per heavy atom. The van der Waals surface area contributed by atoms with E-state index in [4.69, 9.17) is 4.74 Å². The lowest BCUT2D eigenvalue weighted by Gasteiger charge is -2.48. The molecule has 3 rings (SSSR count). The van der Waals surface area contributed by atoms with E-state index >= 15 is 0 Å². The molecule has 0 saturated carbocycles. The Labute approximate surface area is 166 Å². The predicted molar refractivity (Wildman–Crippen MR) is 98.1 cm³/mol. The smallest absolute Gasteiger partial charge is 0.352 e. The number of ether oxygens (including phenoxy) is 1. The number of hydrogen-bond acceptors (Lipinski definition) is 7. The van der Waals surface area contributed by atoms with E-state index in [9.17, 15) is 32.7 Å². The van der Waals surface area contributed by atoms with Gasteiger partial charge in [-0.15, -0.1) is 0 Å². The first-order valence-corrected chi connectivity index (χ1v) is 10.3. The van der Waals surface area contributed by atoms with Gasteiger partial charge >= 0.3 is 11.9 Å². The fraction of sp³-hybridized carbons (Fsp3) is 0.333. The van der Waals surface area contributed by atoms with E-state index in [1.54, 1.807) is 12.1 Å². The molecular formula is C18H18N2O8S. The number of benzene rings is 1. The number of nitrogens with one attached hydrogen (secondary N) is 1. The number of nitrogens with zero attached hydrogens (tertiary/aromatic N) is 1. The molecule has 0 radical (unpaired) electrons. The summed E-state index contributed by atoms with van der Waals surface area (Å²) in [5, 5.41) is 10.3. The Kier molecular flexibility index (Phi) is 5.18. The van der Waals surface area contributed by atoms with Gasteiger partial charge in [-0.25, -0.2) is 13.2 Å². The third-order valence-electron chi connectivity index (χ3n) is 4.61. The van der Waals surface area contributed by atoms with E-state index in [1.165, 1.54) is 12.1 Å². The van der Waals surface area contributed by atoms with Crippen molar-refractivity contribution in [3.05, 3.63) is 46.7 Å². The molecular weight excluding hydrogens is 404 g/mol. The number of amides is 2. The number of rotatable bonds is 5. The minimum absolute atomic E-state index is 0.208. The molecule has 1 aromatic rings. The summed E-state index contributed by atoms with van der Waals surface area (Å²) >= 11 is 0. The SMILES string of the molecule is CC(=O)OCC1=C(C(=O)O)N2C(=O)C(NC(=O)c3ccc(C)cc3)[C@@H]2S(=O)(=O)C1.